The molecule has 108 valence electrons. The molecule has 0 aromatic heterocycles. The van der Waals surface area contributed by atoms with E-state index in [4.69, 9.17) is 0 Å². The Bertz CT molecular complexity index is 248. The monoisotopic (exact) mass is 254 g/mol. The van der Waals surface area contributed by atoms with E-state index < -0.39 is 0 Å². The highest BCUT2D eigenvalue weighted by Gasteiger charge is 2.41. The molecule has 0 bridgehead atoms. The summed E-state index contributed by atoms with van der Waals surface area (Å²) in [4.78, 5) is 2.77. The van der Waals surface area contributed by atoms with Crippen LogP contribution in [0.1, 0.15) is 61.3 Å². The SMILES string of the molecule is CCC1(CC)CNC(C(C)(C)C)CN1CC(C)C. The van der Waals surface area contributed by atoms with Crippen LogP contribution in [0, 0.1) is 11.3 Å². The van der Waals surface area contributed by atoms with Gasteiger partial charge < -0.3 is 5.32 Å². The second-order valence-electron chi connectivity index (χ2n) is 7.53. The van der Waals surface area contributed by atoms with Crippen molar-refractivity contribution < 1.29 is 0 Å². The van der Waals surface area contributed by atoms with Gasteiger partial charge in [0.1, 0.15) is 0 Å². The molecule has 1 aliphatic heterocycles. The van der Waals surface area contributed by atoms with Crippen molar-refractivity contribution in [3.05, 3.63) is 0 Å². The first-order chi connectivity index (χ1) is 8.25. The lowest BCUT2D eigenvalue weighted by Crippen LogP contribution is -2.67. The van der Waals surface area contributed by atoms with Gasteiger partial charge in [-0.25, -0.2) is 0 Å². The lowest BCUT2D eigenvalue weighted by atomic mass is 9.79. The maximum atomic E-state index is 3.81. The molecule has 1 atom stereocenters. The normalized spacial score (nSPS) is 25.7. The molecule has 1 aliphatic rings. The molecule has 2 nitrogen and oxygen atoms in total. The highest BCUT2D eigenvalue weighted by Crippen LogP contribution is 2.32. The van der Waals surface area contributed by atoms with Crippen LogP contribution in [0.25, 0.3) is 0 Å². The van der Waals surface area contributed by atoms with Crippen LogP contribution in [-0.4, -0.2) is 36.1 Å². The fourth-order valence-electron chi connectivity index (χ4n) is 3.14. The van der Waals surface area contributed by atoms with Crippen molar-refractivity contribution in [1.82, 2.24) is 10.2 Å². The molecule has 1 fully saturated rings. The van der Waals surface area contributed by atoms with Gasteiger partial charge in [0.25, 0.3) is 0 Å². The van der Waals surface area contributed by atoms with Gasteiger partial charge in [0.2, 0.25) is 0 Å². The van der Waals surface area contributed by atoms with Crippen LogP contribution in [0.5, 0.6) is 0 Å². The van der Waals surface area contributed by atoms with Crippen LogP contribution in [0.3, 0.4) is 0 Å². The molecular weight excluding hydrogens is 220 g/mol. The maximum Gasteiger partial charge on any atom is 0.0329 e. The van der Waals surface area contributed by atoms with Crippen LogP contribution in [0.2, 0.25) is 0 Å². The molecule has 0 amide bonds. The molecule has 1 heterocycles. The molecule has 0 aromatic rings. The Labute approximate surface area is 115 Å². The van der Waals surface area contributed by atoms with Crippen molar-refractivity contribution in [2.24, 2.45) is 11.3 Å². The van der Waals surface area contributed by atoms with E-state index in [-0.39, 0.29) is 0 Å². The molecule has 1 saturated heterocycles. The summed E-state index contributed by atoms with van der Waals surface area (Å²) in [7, 11) is 0. The number of piperazine rings is 1. The summed E-state index contributed by atoms with van der Waals surface area (Å²) < 4.78 is 0. The zero-order valence-electron chi connectivity index (χ0n) is 13.6. The first kappa shape index (κ1) is 16.0. The smallest absolute Gasteiger partial charge is 0.0329 e. The minimum atomic E-state index is 0.350. The molecule has 1 N–H and O–H groups in total. The number of nitrogens with zero attached hydrogens (tertiary/aromatic N) is 1. The summed E-state index contributed by atoms with van der Waals surface area (Å²) in [5.41, 5.74) is 0.731. The zero-order chi connectivity index (χ0) is 14.0. The average molecular weight is 254 g/mol. The standard InChI is InChI=1S/C16H34N2/c1-8-16(9-2)12-17-14(15(5,6)7)11-18(16)10-13(3)4/h13-14,17H,8-12H2,1-7H3. The van der Waals surface area contributed by atoms with Crippen molar-refractivity contribution >= 4 is 0 Å². The van der Waals surface area contributed by atoms with Crippen LogP contribution in [0.15, 0.2) is 0 Å². The molecule has 2 heteroatoms. The number of nitrogens with one attached hydrogen (secondary N) is 1. The molecule has 1 unspecified atom stereocenters. The summed E-state index contributed by atoms with van der Waals surface area (Å²) in [5.74, 6) is 0.751. The number of hydrogen-bond acceptors (Lipinski definition) is 2. The van der Waals surface area contributed by atoms with Crippen molar-refractivity contribution in [1.29, 1.82) is 0 Å². The Morgan fingerprint density at radius 2 is 1.78 bits per heavy atom. The van der Waals surface area contributed by atoms with Gasteiger partial charge in [0, 0.05) is 31.2 Å². The summed E-state index contributed by atoms with van der Waals surface area (Å²) in [6.45, 7) is 20.0. The Balaban J connectivity index is 2.85. The third-order valence-electron chi connectivity index (χ3n) is 4.70. The van der Waals surface area contributed by atoms with Crippen molar-refractivity contribution in [3.8, 4) is 0 Å². The van der Waals surface area contributed by atoms with Gasteiger partial charge in [-0.1, -0.05) is 48.5 Å². The van der Waals surface area contributed by atoms with E-state index in [1.807, 2.05) is 0 Å². The third kappa shape index (κ3) is 3.48. The minimum Gasteiger partial charge on any atom is -0.310 e. The van der Waals surface area contributed by atoms with E-state index in [0.717, 1.165) is 12.5 Å². The van der Waals surface area contributed by atoms with Crippen LogP contribution in [-0.2, 0) is 0 Å². The molecule has 0 aliphatic carbocycles. The van der Waals surface area contributed by atoms with Crippen LogP contribution < -0.4 is 5.32 Å². The molecule has 0 radical (unpaired) electrons. The van der Waals surface area contributed by atoms with E-state index >= 15 is 0 Å². The molecule has 1 rings (SSSR count). The summed E-state index contributed by atoms with van der Waals surface area (Å²) in [5, 5.41) is 3.81. The second kappa shape index (κ2) is 5.92. The van der Waals surface area contributed by atoms with Gasteiger partial charge in [0.15, 0.2) is 0 Å². The largest absolute Gasteiger partial charge is 0.310 e. The maximum absolute atomic E-state index is 3.81. The van der Waals surface area contributed by atoms with E-state index in [9.17, 15) is 0 Å². The molecule has 0 aromatic carbocycles. The first-order valence-electron chi connectivity index (χ1n) is 7.73. The predicted octanol–water partition coefficient (Wildman–Crippen LogP) is 3.52. The van der Waals surface area contributed by atoms with E-state index in [1.165, 1.54) is 25.9 Å². The van der Waals surface area contributed by atoms with Crippen molar-refractivity contribution in [3.63, 3.8) is 0 Å². The van der Waals surface area contributed by atoms with Crippen molar-refractivity contribution in [2.45, 2.75) is 72.9 Å². The third-order valence-corrected chi connectivity index (χ3v) is 4.70. The molecule has 18 heavy (non-hydrogen) atoms. The van der Waals surface area contributed by atoms with Gasteiger partial charge in [-0.05, 0) is 24.2 Å². The van der Waals surface area contributed by atoms with Gasteiger partial charge in [0.05, 0.1) is 0 Å². The first-order valence-corrected chi connectivity index (χ1v) is 7.73. The summed E-state index contributed by atoms with van der Waals surface area (Å²) >= 11 is 0. The minimum absolute atomic E-state index is 0.350. The van der Waals surface area contributed by atoms with Gasteiger partial charge >= 0.3 is 0 Å². The highest BCUT2D eigenvalue weighted by atomic mass is 15.3. The Morgan fingerprint density at radius 1 is 1.22 bits per heavy atom. The van der Waals surface area contributed by atoms with Crippen molar-refractivity contribution in [2.75, 3.05) is 19.6 Å². The lowest BCUT2D eigenvalue weighted by molar-refractivity contribution is 0.000118. The quantitative estimate of drug-likeness (QED) is 0.826. The highest BCUT2D eigenvalue weighted by molar-refractivity contribution is 5.00. The topological polar surface area (TPSA) is 15.3 Å². The lowest BCUT2D eigenvalue weighted by Gasteiger charge is -2.53. The fraction of sp³-hybridized carbons (Fsp3) is 1.00. The molecule has 0 spiro atoms. The summed E-state index contributed by atoms with van der Waals surface area (Å²) in [6.07, 6.45) is 2.50. The molecular formula is C16H34N2. The Hall–Kier alpha value is -0.0800. The van der Waals surface area contributed by atoms with Gasteiger partial charge in [-0.15, -0.1) is 0 Å². The van der Waals surface area contributed by atoms with E-state index in [0.29, 0.717) is 17.0 Å². The Morgan fingerprint density at radius 3 is 2.17 bits per heavy atom. The van der Waals surface area contributed by atoms with Crippen LogP contribution >= 0.6 is 0 Å². The second-order valence-corrected chi connectivity index (χ2v) is 7.53. The average Bonchev–Trinajstić information content (AvgIpc) is 2.27. The Kier molecular flexibility index (Phi) is 5.25. The summed E-state index contributed by atoms with van der Waals surface area (Å²) in [6, 6.07) is 0.613. The number of rotatable bonds is 4. The number of hydrogen-bond donors (Lipinski definition) is 1. The van der Waals surface area contributed by atoms with Crippen LogP contribution in [0.4, 0.5) is 0 Å². The predicted molar refractivity (Wildman–Crippen MR) is 81.0 cm³/mol. The molecule has 0 saturated carbocycles. The van der Waals surface area contributed by atoms with E-state index in [2.05, 4.69) is 58.7 Å². The fourth-order valence-corrected chi connectivity index (χ4v) is 3.14. The zero-order valence-corrected chi connectivity index (χ0v) is 13.6. The van der Waals surface area contributed by atoms with Gasteiger partial charge in [-0.3, -0.25) is 4.90 Å². The van der Waals surface area contributed by atoms with Gasteiger partial charge in [-0.2, -0.15) is 0 Å². The van der Waals surface area contributed by atoms with E-state index in [1.54, 1.807) is 0 Å².